The monoisotopic (exact) mass is 250 g/mol. The second-order valence-corrected chi connectivity index (χ2v) is 5.35. The fraction of sp³-hybridized carbons (Fsp3) is 0.600. The lowest BCUT2D eigenvalue weighted by atomic mass is 9.99. The van der Waals surface area contributed by atoms with Gasteiger partial charge < -0.3 is 10.2 Å². The summed E-state index contributed by atoms with van der Waals surface area (Å²) in [5.41, 5.74) is 2.09. The number of hydrogen-bond acceptors (Lipinski definition) is 2. The van der Waals surface area contributed by atoms with Crippen molar-refractivity contribution in [2.24, 2.45) is 0 Å². The smallest absolute Gasteiger partial charge is 0.126 e. The molecule has 1 aliphatic heterocycles. The van der Waals surface area contributed by atoms with Crippen LogP contribution >= 0.6 is 0 Å². The molecule has 0 aliphatic carbocycles. The van der Waals surface area contributed by atoms with E-state index in [2.05, 4.69) is 10.2 Å². The predicted octanol–water partition coefficient (Wildman–Crippen LogP) is 2.40. The third-order valence-electron chi connectivity index (χ3n) is 3.61. The molecule has 2 rings (SSSR count). The Bertz CT molecular complexity index is 384. The van der Waals surface area contributed by atoms with Gasteiger partial charge in [-0.3, -0.25) is 0 Å². The van der Waals surface area contributed by atoms with E-state index in [0.29, 0.717) is 0 Å². The number of nitrogens with one attached hydrogen (secondary N) is 1. The van der Waals surface area contributed by atoms with Gasteiger partial charge in [0, 0.05) is 32.7 Å². The topological polar surface area (TPSA) is 15.3 Å². The van der Waals surface area contributed by atoms with E-state index in [0.717, 1.165) is 44.7 Å². The van der Waals surface area contributed by atoms with Crippen molar-refractivity contribution >= 4 is 0 Å². The molecule has 0 spiro atoms. The zero-order chi connectivity index (χ0) is 13.0. The van der Waals surface area contributed by atoms with Gasteiger partial charge in [-0.1, -0.05) is 26.0 Å². The molecule has 0 aromatic heterocycles. The summed E-state index contributed by atoms with van der Waals surface area (Å²) in [6, 6.07) is 5.56. The molecule has 100 valence electrons. The van der Waals surface area contributed by atoms with Gasteiger partial charge in [0.15, 0.2) is 0 Å². The van der Waals surface area contributed by atoms with Crippen molar-refractivity contribution in [1.29, 1.82) is 0 Å². The van der Waals surface area contributed by atoms with E-state index in [1.165, 1.54) is 5.56 Å². The molecule has 0 amide bonds. The molecule has 0 radical (unpaired) electrons. The quantitative estimate of drug-likeness (QED) is 0.882. The molecule has 0 atom stereocenters. The normalized spacial score (nSPS) is 17.3. The van der Waals surface area contributed by atoms with Gasteiger partial charge in [-0.15, -0.1) is 0 Å². The zero-order valence-electron chi connectivity index (χ0n) is 11.4. The number of hydrogen-bond donors (Lipinski definition) is 1. The minimum absolute atomic E-state index is 0.0732. The van der Waals surface area contributed by atoms with E-state index in [1.807, 2.05) is 26.0 Å². The van der Waals surface area contributed by atoms with Crippen molar-refractivity contribution in [2.45, 2.75) is 26.2 Å². The predicted molar refractivity (Wildman–Crippen MR) is 73.5 cm³/mol. The SMILES string of the molecule is CC(C)c1cc(CCN2CCNCC2)ccc1F. The summed E-state index contributed by atoms with van der Waals surface area (Å²) >= 11 is 0. The molecule has 1 aliphatic rings. The maximum absolute atomic E-state index is 13.6. The highest BCUT2D eigenvalue weighted by Gasteiger charge is 2.11. The Morgan fingerprint density at radius 1 is 1.28 bits per heavy atom. The molecular formula is C15H23FN2. The van der Waals surface area contributed by atoms with Crippen LogP contribution in [-0.4, -0.2) is 37.6 Å². The van der Waals surface area contributed by atoms with Gasteiger partial charge in [0.2, 0.25) is 0 Å². The van der Waals surface area contributed by atoms with Crippen molar-refractivity contribution in [3.05, 3.63) is 35.1 Å². The second-order valence-electron chi connectivity index (χ2n) is 5.35. The zero-order valence-corrected chi connectivity index (χ0v) is 11.4. The molecular weight excluding hydrogens is 227 g/mol. The Morgan fingerprint density at radius 3 is 2.67 bits per heavy atom. The molecule has 0 unspecified atom stereocenters. The third kappa shape index (κ3) is 3.53. The Kier molecular flexibility index (Phi) is 4.72. The molecule has 0 saturated carbocycles. The lowest BCUT2D eigenvalue weighted by molar-refractivity contribution is 0.244. The van der Waals surface area contributed by atoms with Gasteiger partial charge in [-0.05, 0) is 29.5 Å². The van der Waals surface area contributed by atoms with Crippen LogP contribution in [0.2, 0.25) is 0 Å². The highest BCUT2D eigenvalue weighted by atomic mass is 19.1. The summed E-state index contributed by atoms with van der Waals surface area (Å²) in [4.78, 5) is 2.47. The first-order valence-electron chi connectivity index (χ1n) is 6.88. The van der Waals surface area contributed by atoms with E-state index in [9.17, 15) is 4.39 Å². The van der Waals surface area contributed by atoms with Crippen molar-refractivity contribution in [1.82, 2.24) is 10.2 Å². The highest BCUT2D eigenvalue weighted by molar-refractivity contribution is 5.27. The maximum Gasteiger partial charge on any atom is 0.126 e. The molecule has 1 saturated heterocycles. The van der Waals surface area contributed by atoms with Crippen LogP contribution in [0, 0.1) is 5.82 Å². The van der Waals surface area contributed by atoms with Crippen LogP contribution in [0.15, 0.2) is 18.2 Å². The van der Waals surface area contributed by atoms with Gasteiger partial charge in [-0.25, -0.2) is 4.39 Å². The molecule has 0 bridgehead atoms. The van der Waals surface area contributed by atoms with Crippen molar-refractivity contribution < 1.29 is 4.39 Å². The van der Waals surface area contributed by atoms with E-state index in [-0.39, 0.29) is 11.7 Å². The molecule has 1 aromatic carbocycles. The van der Waals surface area contributed by atoms with Crippen molar-refractivity contribution in [2.75, 3.05) is 32.7 Å². The summed E-state index contributed by atoms with van der Waals surface area (Å²) < 4.78 is 13.6. The standard InChI is InChI=1S/C15H23FN2/c1-12(2)14-11-13(3-4-15(14)16)5-8-18-9-6-17-7-10-18/h3-4,11-12,17H,5-10H2,1-2H3. The molecule has 1 N–H and O–H groups in total. The van der Waals surface area contributed by atoms with E-state index < -0.39 is 0 Å². The molecule has 3 heteroatoms. The summed E-state index contributed by atoms with van der Waals surface area (Å²) in [5, 5.41) is 3.35. The summed E-state index contributed by atoms with van der Waals surface area (Å²) in [6.45, 7) is 9.57. The Hall–Kier alpha value is -0.930. The molecule has 18 heavy (non-hydrogen) atoms. The van der Waals surface area contributed by atoms with Gasteiger partial charge >= 0.3 is 0 Å². The van der Waals surface area contributed by atoms with E-state index >= 15 is 0 Å². The van der Waals surface area contributed by atoms with Crippen molar-refractivity contribution in [3.8, 4) is 0 Å². The Labute approximate surface area is 109 Å². The van der Waals surface area contributed by atoms with Crippen LogP contribution in [0.5, 0.6) is 0 Å². The first-order chi connectivity index (χ1) is 8.66. The highest BCUT2D eigenvalue weighted by Crippen LogP contribution is 2.20. The number of halogens is 1. The second kappa shape index (κ2) is 6.30. The van der Waals surface area contributed by atoms with Crippen LogP contribution in [0.1, 0.15) is 30.9 Å². The summed E-state index contributed by atoms with van der Waals surface area (Å²) in [7, 11) is 0. The minimum Gasteiger partial charge on any atom is -0.314 e. The average Bonchev–Trinajstić information content (AvgIpc) is 2.38. The third-order valence-corrected chi connectivity index (χ3v) is 3.61. The average molecular weight is 250 g/mol. The van der Waals surface area contributed by atoms with Crippen LogP contribution in [0.25, 0.3) is 0 Å². The van der Waals surface area contributed by atoms with Gasteiger partial charge in [0.25, 0.3) is 0 Å². The van der Waals surface area contributed by atoms with Crippen LogP contribution < -0.4 is 5.32 Å². The number of nitrogens with zero attached hydrogens (tertiary/aromatic N) is 1. The Morgan fingerprint density at radius 2 is 2.00 bits per heavy atom. The molecule has 2 nitrogen and oxygen atoms in total. The number of piperazine rings is 1. The summed E-state index contributed by atoms with van der Waals surface area (Å²) in [5.74, 6) is 0.181. The van der Waals surface area contributed by atoms with Gasteiger partial charge in [-0.2, -0.15) is 0 Å². The van der Waals surface area contributed by atoms with Gasteiger partial charge in [0.1, 0.15) is 5.82 Å². The first-order valence-corrected chi connectivity index (χ1v) is 6.88. The van der Waals surface area contributed by atoms with E-state index in [4.69, 9.17) is 0 Å². The number of rotatable bonds is 4. The summed E-state index contributed by atoms with van der Waals surface area (Å²) in [6.07, 6.45) is 1.01. The minimum atomic E-state index is -0.0732. The molecule has 1 heterocycles. The molecule has 1 fully saturated rings. The molecule has 1 aromatic rings. The van der Waals surface area contributed by atoms with Crippen LogP contribution in [0.4, 0.5) is 4.39 Å². The van der Waals surface area contributed by atoms with Crippen LogP contribution in [-0.2, 0) is 6.42 Å². The van der Waals surface area contributed by atoms with E-state index in [1.54, 1.807) is 6.07 Å². The number of benzene rings is 1. The van der Waals surface area contributed by atoms with Crippen LogP contribution in [0.3, 0.4) is 0 Å². The van der Waals surface area contributed by atoms with Crippen molar-refractivity contribution in [3.63, 3.8) is 0 Å². The lowest BCUT2D eigenvalue weighted by Gasteiger charge is -2.27. The lowest BCUT2D eigenvalue weighted by Crippen LogP contribution is -2.44. The fourth-order valence-electron chi connectivity index (χ4n) is 2.41. The maximum atomic E-state index is 13.6. The Balaban J connectivity index is 1.94. The largest absolute Gasteiger partial charge is 0.314 e. The van der Waals surface area contributed by atoms with Gasteiger partial charge in [0.05, 0.1) is 0 Å². The first kappa shape index (κ1) is 13.5. The fourth-order valence-corrected chi connectivity index (χ4v) is 2.41.